The number of hydrogen-bond acceptors (Lipinski definition) is 3. The molecule has 0 aliphatic carbocycles. The summed E-state index contributed by atoms with van der Waals surface area (Å²) in [6.45, 7) is 1.54. The molecule has 1 unspecified atom stereocenters. The molecule has 0 spiro atoms. The number of sulfonamides is 1. The van der Waals surface area contributed by atoms with Gasteiger partial charge in [-0.2, -0.15) is 4.72 Å². The van der Waals surface area contributed by atoms with Gasteiger partial charge in [0.05, 0.1) is 11.1 Å². The molecule has 0 saturated heterocycles. The van der Waals surface area contributed by atoms with Crippen LogP contribution in [0.1, 0.15) is 12.5 Å². The highest BCUT2D eigenvalue weighted by Crippen LogP contribution is 2.25. The van der Waals surface area contributed by atoms with E-state index in [-0.39, 0.29) is 21.5 Å². The predicted octanol–water partition coefficient (Wildman–Crippen LogP) is 4.28. The van der Waals surface area contributed by atoms with Crippen LogP contribution in [-0.4, -0.2) is 20.4 Å². The minimum atomic E-state index is -4.03. The van der Waals surface area contributed by atoms with Crippen LogP contribution in [0.3, 0.4) is 0 Å². The monoisotopic (exact) mass is 454 g/mol. The second-order valence-electron chi connectivity index (χ2n) is 5.37. The zero-order chi connectivity index (χ0) is 19.5. The molecular weight excluding hydrogens is 442 g/mol. The summed E-state index contributed by atoms with van der Waals surface area (Å²) in [4.78, 5) is 12.0. The maximum atomic E-state index is 12.4. The van der Waals surface area contributed by atoms with Crippen LogP contribution in [0.5, 0.6) is 0 Å². The van der Waals surface area contributed by atoms with Crippen LogP contribution >= 0.6 is 46.4 Å². The number of amides is 1. The minimum Gasteiger partial charge on any atom is -0.351 e. The first-order chi connectivity index (χ1) is 12.1. The molecule has 0 radical (unpaired) electrons. The van der Waals surface area contributed by atoms with Gasteiger partial charge in [0.2, 0.25) is 15.9 Å². The third-order valence-electron chi connectivity index (χ3n) is 3.38. The number of carbonyl (C=O) groups is 1. The average Bonchev–Trinajstić information content (AvgIpc) is 2.55. The fourth-order valence-electron chi connectivity index (χ4n) is 2.03. The van der Waals surface area contributed by atoms with Crippen molar-refractivity contribution in [2.75, 3.05) is 0 Å². The molecule has 0 heterocycles. The topological polar surface area (TPSA) is 75.3 Å². The van der Waals surface area contributed by atoms with Crippen LogP contribution in [0.15, 0.2) is 41.3 Å². The molecule has 0 aromatic heterocycles. The van der Waals surface area contributed by atoms with Crippen molar-refractivity contribution >= 4 is 62.3 Å². The smallest absolute Gasteiger partial charge is 0.242 e. The van der Waals surface area contributed by atoms with Crippen molar-refractivity contribution in [2.24, 2.45) is 0 Å². The van der Waals surface area contributed by atoms with Gasteiger partial charge in [-0.15, -0.1) is 0 Å². The Balaban J connectivity index is 2.05. The van der Waals surface area contributed by atoms with E-state index in [1.54, 1.807) is 18.2 Å². The lowest BCUT2D eigenvalue weighted by Crippen LogP contribution is -2.44. The van der Waals surface area contributed by atoms with E-state index in [1.807, 2.05) is 0 Å². The molecule has 2 N–H and O–H groups in total. The molecule has 0 aliphatic rings. The number of rotatable bonds is 6. The lowest BCUT2D eigenvalue weighted by atomic mass is 10.2. The minimum absolute atomic E-state index is 0.00227. The molecule has 0 aliphatic heterocycles. The van der Waals surface area contributed by atoms with Gasteiger partial charge in [0, 0.05) is 21.6 Å². The second-order valence-corrected chi connectivity index (χ2v) is 8.74. The number of hydrogen-bond donors (Lipinski definition) is 2. The Hall–Kier alpha value is -1.02. The molecular formula is C16H14Cl4N2O3S. The Morgan fingerprint density at radius 2 is 1.62 bits per heavy atom. The first-order valence-corrected chi connectivity index (χ1v) is 10.3. The van der Waals surface area contributed by atoms with Crippen LogP contribution in [-0.2, 0) is 21.4 Å². The summed E-state index contributed by atoms with van der Waals surface area (Å²) in [7, 11) is -4.03. The zero-order valence-electron chi connectivity index (χ0n) is 13.4. The van der Waals surface area contributed by atoms with Crippen molar-refractivity contribution in [2.45, 2.75) is 24.4 Å². The van der Waals surface area contributed by atoms with Crippen LogP contribution < -0.4 is 10.0 Å². The Morgan fingerprint density at radius 1 is 1.00 bits per heavy atom. The molecule has 140 valence electrons. The standard InChI is InChI=1S/C16H14Cl4N2O3S/c1-9(16(23)21-8-10-2-3-11(17)6-14(10)20)22-26(24,25)15-7-12(18)4-5-13(15)19/h2-7,9,22H,8H2,1H3,(H,21,23). The van der Waals surface area contributed by atoms with E-state index in [4.69, 9.17) is 46.4 Å². The number of carbonyl (C=O) groups excluding carboxylic acids is 1. The van der Waals surface area contributed by atoms with Crippen molar-refractivity contribution in [3.63, 3.8) is 0 Å². The molecule has 2 aromatic carbocycles. The Labute approximate surface area is 171 Å². The van der Waals surface area contributed by atoms with Gasteiger partial charge in [-0.1, -0.05) is 52.5 Å². The van der Waals surface area contributed by atoms with Crippen LogP contribution in [0.2, 0.25) is 20.1 Å². The third-order valence-corrected chi connectivity index (χ3v) is 6.22. The lowest BCUT2D eigenvalue weighted by molar-refractivity contribution is -0.122. The van der Waals surface area contributed by atoms with Gasteiger partial charge in [0.25, 0.3) is 0 Å². The fourth-order valence-corrected chi connectivity index (χ4v) is 4.47. The van der Waals surface area contributed by atoms with Gasteiger partial charge < -0.3 is 5.32 Å². The van der Waals surface area contributed by atoms with E-state index in [0.717, 1.165) is 0 Å². The Bertz CT molecular complexity index is 935. The first-order valence-electron chi connectivity index (χ1n) is 7.29. The number of nitrogens with one attached hydrogen (secondary N) is 2. The predicted molar refractivity (Wildman–Crippen MR) is 105 cm³/mol. The highest BCUT2D eigenvalue weighted by Gasteiger charge is 2.24. The summed E-state index contributed by atoms with van der Waals surface area (Å²) in [5.41, 5.74) is 0.650. The summed E-state index contributed by atoms with van der Waals surface area (Å²) in [6.07, 6.45) is 0. The normalized spacial score (nSPS) is 12.7. The van der Waals surface area contributed by atoms with E-state index in [1.165, 1.54) is 25.1 Å². The summed E-state index contributed by atoms with van der Waals surface area (Å²) < 4.78 is 27.1. The first kappa shape index (κ1) is 21.3. The largest absolute Gasteiger partial charge is 0.351 e. The molecule has 5 nitrogen and oxygen atoms in total. The van der Waals surface area contributed by atoms with Crippen molar-refractivity contribution in [3.8, 4) is 0 Å². The Kier molecular flexibility index (Phi) is 7.19. The van der Waals surface area contributed by atoms with Gasteiger partial charge >= 0.3 is 0 Å². The number of benzene rings is 2. The lowest BCUT2D eigenvalue weighted by Gasteiger charge is -2.15. The third kappa shape index (κ3) is 5.49. The van der Waals surface area contributed by atoms with Gasteiger partial charge in [0.1, 0.15) is 4.90 Å². The molecule has 1 amide bonds. The molecule has 0 saturated carbocycles. The molecule has 2 aromatic rings. The average molecular weight is 456 g/mol. The van der Waals surface area contributed by atoms with Gasteiger partial charge in [-0.05, 0) is 42.8 Å². The van der Waals surface area contributed by atoms with Crippen molar-refractivity contribution in [1.29, 1.82) is 0 Å². The van der Waals surface area contributed by atoms with Crippen molar-refractivity contribution in [1.82, 2.24) is 10.0 Å². The highest BCUT2D eigenvalue weighted by molar-refractivity contribution is 7.89. The SMILES string of the molecule is CC(NS(=O)(=O)c1cc(Cl)ccc1Cl)C(=O)NCc1ccc(Cl)cc1Cl. The van der Waals surface area contributed by atoms with E-state index in [9.17, 15) is 13.2 Å². The van der Waals surface area contributed by atoms with E-state index < -0.39 is 22.0 Å². The Morgan fingerprint density at radius 3 is 2.27 bits per heavy atom. The number of halogens is 4. The summed E-state index contributed by atoms with van der Waals surface area (Å²) >= 11 is 23.6. The van der Waals surface area contributed by atoms with Gasteiger partial charge in [-0.3, -0.25) is 4.79 Å². The molecule has 10 heteroatoms. The van der Waals surface area contributed by atoms with Crippen LogP contribution in [0.25, 0.3) is 0 Å². The molecule has 2 rings (SSSR count). The molecule has 0 bridgehead atoms. The van der Waals surface area contributed by atoms with Crippen molar-refractivity contribution in [3.05, 3.63) is 62.1 Å². The second kappa shape index (κ2) is 8.78. The maximum absolute atomic E-state index is 12.4. The zero-order valence-corrected chi connectivity index (χ0v) is 17.2. The van der Waals surface area contributed by atoms with Crippen LogP contribution in [0.4, 0.5) is 0 Å². The fraction of sp³-hybridized carbons (Fsp3) is 0.188. The summed E-state index contributed by atoms with van der Waals surface area (Å²) in [5.74, 6) is -0.530. The molecule has 26 heavy (non-hydrogen) atoms. The van der Waals surface area contributed by atoms with Gasteiger partial charge in [0.15, 0.2) is 0 Å². The maximum Gasteiger partial charge on any atom is 0.242 e. The van der Waals surface area contributed by atoms with Crippen molar-refractivity contribution < 1.29 is 13.2 Å². The van der Waals surface area contributed by atoms with Crippen LogP contribution in [0, 0.1) is 0 Å². The van der Waals surface area contributed by atoms with E-state index in [2.05, 4.69) is 10.0 Å². The molecule has 1 atom stereocenters. The van der Waals surface area contributed by atoms with E-state index in [0.29, 0.717) is 15.6 Å². The van der Waals surface area contributed by atoms with Gasteiger partial charge in [-0.25, -0.2) is 8.42 Å². The summed E-state index contributed by atoms with van der Waals surface area (Å²) in [5, 5.41) is 3.70. The molecule has 0 fully saturated rings. The quantitative estimate of drug-likeness (QED) is 0.682. The summed E-state index contributed by atoms with van der Waals surface area (Å²) in [6, 6.07) is 7.87. The highest BCUT2D eigenvalue weighted by atomic mass is 35.5. The van der Waals surface area contributed by atoms with E-state index >= 15 is 0 Å².